The first kappa shape index (κ1) is 14.0. The molecule has 0 aromatic heterocycles. The maximum Gasteiger partial charge on any atom is 0.407 e. The number of hydrogen-bond acceptors (Lipinski definition) is 1. The van der Waals surface area contributed by atoms with Gasteiger partial charge >= 0.3 is 6.09 Å². The number of alkyl halides is 1. The Morgan fingerprint density at radius 3 is 2.36 bits per heavy atom. The summed E-state index contributed by atoms with van der Waals surface area (Å²) >= 11 is 2.41. The monoisotopic (exact) mass is 313 g/mol. The van der Waals surface area contributed by atoms with E-state index in [4.69, 9.17) is 5.11 Å². The summed E-state index contributed by atoms with van der Waals surface area (Å²) in [6.07, 6.45) is 3.44. The second-order valence-corrected chi connectivity index (χ2v) is 5.21. The largest absolute Gasteiger partial charge is 0.465 e. The van der Waals surface area contributed by atoms with E-state index < -0.39 is 6.09 Å². The van der Waals surface area contributed by atoms with Gasteiger partial charge in [-0.2, -0.15) is 0 Å². The fourth-order valence-electron chi connectivity index (χ4n) is 1.33. The summed E-state index contributed by atoms with van der Waals surface area (Å²) in [6.45, 7) is 5.50. The Kier molecular flexibility index (Phi) is 8.32. The highest BCUT2D eigenvalue weighted by Crippen LogP contribution is 2.13. The molecule has 4 heteroatoms. The normalized spacial score (nSPS) is 12.5. The molecule has 0 radical (unpaired) electrons. The highest BCUT2D eigenvalue weighted by molar-refractivity contribution is 14.1. The summed E-state index contributed by atoms with van der Waals surface area (Å²) in [6, 6.07) is 0. The first-order valence-corrected chi connectivity index (χ1v) is 6.48. The van der Waals surface area contributed by atoms with Crippen LogP contribution in [0.4, 0.5) is 4.79 Å². The highest BCUT2D eigenvalue weighted by atomic mass is 127. The van der Waals surface area contributed by atoms with Crippen molar-refractivity contribution >= 4 is 28.7 Å². The van der Waals surface area contributed by atoms with Crippen LogP contribution in [0.15, 0.2) is 0 Å². The smallest absolute Gasteiger partial charge is 0.407 e. The number of rotatable bonds is 7. The van der Waals surface area contributed by atoms with Gasteiger partial charge in [0.25, 0.3) is 0 Å². The van der Waals surface area contributed by atoms with Crippen molar-refractivity contribution in [1.82, 2.24) is 4.90 Å². The van der Waals surface area contributed by atoms with E-state index in [9.17, 15) is 4.79 Å². The van der Waals surface area contributed by atoms with E-state index in [2.05, 4.69) is 29.5 Å². The molecule has 0 saturated carbocycles. The van der Waals surface area contributed by atoms with Crippen LogP contribution in [0.5, 0.6) is 0 Å². The van der Waals surface area contributed by atoms with Crippen molar-refractivity contribution in [2.75, 3.05) is 13.1 Å². The van der Waals surface area contributed by atoms with Crippen LogP contribution in [-0.4, -0.2) is 33.1 Å². The van der Waals surface area contributed by atoms with E-state index in [1.54, 1.807) is 0 Å². The van der Waals surface area contributed by atoms with Crippen LogP contribution in [0.25, 0.3) is 0 Å². The number of carboxylic acid groups (broad SMARTS) is 1. The minimum Gasteiger partial charge on any atom is -0.465 e. The third kappa shape index (κ3) is 6.45. The van der Waals surface area contributed by atoms with Crippen molar-refractivity contribution < 1.29 is 9.90 Å². The lowest BCUT2D eigenvalue weighted by atomic mass is 10.2. The summed E-state index contributed by atoms with van der Waals surface area (Å²) in [5.74, 6) is 0. The van der Waals surface area contributed by atoms with Gasteiger partial charge in [0.2, 0.25) is 0 Å². The standard InChI is InChI=1S/C10H20INO2/c1-3-5-9(11)6-8-12(7-4-2)10(13)14/h9H,3-8H2,1-2H3,(H,13,14). The van der Waals surface area contributed by atoms with Gasteiger partial charge < -0.3 is 10.0 Å². The van der Waals surface area contributed by atoms with Crippen molar-refractivity contribution in [3.05, 3.63) is 0 Å². The number of nitrogens with zero attached hydrogens (tertiary/aromatic N) is 1. The first-order chi connectivity index (χ1) is 6.61. The molecule has 1 N–H and O–H groups in total. The molecule has 14 heavy (non-hydrogen) atoms. The average molecular weight is 313 g/mol. The van der Waals surface area contributed by atoms with Crippen molar-refractivity contribution in [1.29, 1.82) is 0 Å². The Labute approximate surface area is 100 Å². The van der Waals surface area contributed by atoms with Crippen LogP contribution in [0, 0.1) is 0 Å². The van der Waals surface area contributed by atoms with Gasteiger partial charge in [0.1, 0.15) is 0 Å². The maximum atomic E-state index is 10.8. The van der Waals surface area contributed by atoms with Crippen LogP contribution in [0.2, 0.25) is 0 Å². The fourth-order valence-corrected chi connectivity index (χ4v) is 2.23. The zero-order valence-corrected chi connectivity index (χ0v) is 11.2. The van der Waals surface area contributed by atoms with Gasteiger partial charge in [-0.05, 0) is 19.3 Å². The van der Waals surface area contributed by atoms with Crippen LogP contribution < -0.4 is 0 Å². The third-order valence-electron chi connectivity index (χ3n) is 2.08. The molecule has 0 bridgehead atoms. The van der Waals surface area contributed by atoms with Crippen molar-refractivity contribution in [3.8, 4) is 0 Å². The minimum absolute atomic E-state index is 0.608. The molecule has 0 aliphatic heterocycles. The summed E-state index contributed by atoms with van der Waals surface area (Å²) in [4.78, 5) is 12.3. The molecular weight excluding hydrogens is 293 g/mol. The number of halogens is 1. The quantitative estimate of drug-likeness (QED) is 0.578. The van der Waals surface area contributed by atoms with Crippen LogP contribution in [-0.2, 0) is 0 Å². The molecule has 0 aliphatic rings. The van der Waals surface area contributed by atoms with Gasteiger partial charge in [-0.3, -0.25) is 0 Å². The Morgan fingerprint density at radius 2 is 1.93 bits per heavy atom. The molecule has 0 saturated heterocycles. The van der Waals surface area contributed by atoms with E-state index in [0.717, 1.165) is 12.8 Å². The van der Waals surface area contributed by atoms with Gasteiger partial charge in [0, 0.05) is 17.0 Å². The van der Waals surface area contributed by atoms with Crippen LogP contribution in [0.1, 0.15) is 39.5 Å². The van der Waals surface area contributed by atoms with Crippen LogP contribution >= 0.6 is 22.6 Å². The fraction of sp³-hybridized carbons (Fsp3) is 0.900. The maximum absolute atomic E-state index is 10.8. The topological polar surface area (TPSA) is 40.5 Å². The molecule has 84 valence electrons. The van der Waals surface area contributed by atoms with E-state index in [1.807, 2.05) is 6.92 Å². The van der Waals surface area contributed by atoms with Crippen LogP contribution in [0.3, 0.4) is 0 Å². The molecule has 1 atom stereocenters. The van der Waals surface area contributed by atoms with E-state index in [1.165, 1.54) is 17.7 Å². The Bertz CT molecular complexity index is 164. The van der Waals surface area contributed by atoms with E-state index in [0.29, 0.717) is 17.0 Å². The lowest BCUT2D eigenvalue weighted by molar-refractivity contribution is 0.144. The molecular formula is C10H20INO2. The molecule has 3 nitrogen and oxygen atoms in total. The molecule has 0 heterocycles. The predicted molar refractivity (Wildman–Crippen MR) is 67.2 cm³/mol. The predicted octanol–water partition coefficient (Wildman–Crippen LogP) is 3.37. The Morgan fingerprint density at radius 1 is 1.29 bits per heavy atom. The second-order valence-electron chi connectivity index (χ2n) is 3.44. The molecule has 1 amide bonds. The summed E-state index contributed by atoms with van der Waals surface area (Å²) < 4.78 is 0.608. The SMILES string of the molecule is CCCC(I)CCN(CCC)C(=O)O. The van der Waals surface area contributed by atoms with Gasteiger partial charge in [-0.25, -0.2) is 4.79 Å². The van der Waals surface area contributed by atoms with Gasteiger partial charge in [0.05, 0.1) is 0 Å². The Hall–Kier alpha value is 0. The molecule has 0 rings (SSSR count). The highest BCUT2D eigenvalue weighted by Gasteiger charge is 2.12. The zero-order valence-electron chi connectivity index (χ0n) is 9.00. The second kappa shape index (κ2) is 8.32. The molecule has 0 aliphatic carbocycles. The minimum atomic E-state index is -0.785. The van der Waals surface area contributed by atoms with Crippen molar-refractivity contribution in [2.45, 2.75) is 43.5 Å². The summed E-state index contributed by atoms with van der Waals surface area (Å²) in [5.41, 5.74) is 0. The van der Waals surface area contributed by atoms with Gasteiger partial charge in [0.15, 0.2) is 0 Å². The summed E-state index contributed by atoms with van der Waals surface area (Å²) in [5, 5.41) is 8.87. The lowest BCUT2D eigenvalue weighted by Crippen LogP contribution is -2.32. The average Bonchev–Trinajstić information content (AvgIpc) is 2.12. The third-order valence-corrected chi connectivity index (χ3v) is 3.32. The van der Waals surface area contributed by atoms with E-state index in [-0.39, 0.29) is 0 Å². The Balaban J connectivity index is 3.75. The van der Waals surface area contributed by atoms with Gasteiger partial charge in [-0.15, -0.1) is 0 Å². The van der Waals surface area contributed by atoms with E-state index >= 15 is 0 Å². The van der Waals surface area contributed by atoms with Crippen molar-refractivity contribution in [3.63, 3.8) is 0 Å². The molecule has 0 spiro atoms. The molecule has 0 aromatic rings. The zero-order chi connectivity index (χ0) is 11.0. The van der Waals surface area contributed by atoms with Crippen molar-refractivity contribution in [2.24, 2.45) is 0 Å². The van der Waals surface area contributed by atoms with Gasteiger partial charge in [-0.1, -0.05) is 42.9 Å². The lowest BCUT2D eigenvalue weighted by Gasteiger charge is -2.19. The molecule has 0 fully saturated rings. The molecule has 0 aromatic carbocycles. The molecule has 1 unspecified atom stereocenters. The first-order valence-electron chi connectivity index (χ1n) is 5.23. The number of hydrogen-bond donors (Lipinski definition) is 1. The summed E-state index contributed by atoms with van der Waals surface area (Å²) in [7, 11) is 0. The number of amides is 1. The number of carbonyl (C=O) groups is 1.